The smallest absolute Gasteiger partial charge is 0.407 e. The van der Waals surface area contributed by atoms with Crippen molar-refractivity contribution < 1.29 is 14.6 Å². The van der Waals surface area contributed by atoms with Crippen LogP contribution in [0, 0.1) is 6.92 Å². The van der Waals surface area contributed by atoms with Crippen LogP contribution in [0.4, 0.5) is 15.7 Å². The molecule has 6 heterocycles. The predicted molar refractivity (Wildman–Crippen MR) is 143 cm³/mol. The first kappa shape index (κ1) is 24.6. The van der Waals surface area contributed by atoms with Crippen LogP contribution in [0.5, 0.6) is 11.5 Å². The van der Waals surface area contributed by atoms with E-state index < -0.39 is 6.09 Å². The van der Waals surface area contributed by atoms with Crippen LogP contribution >= 0.6 is 23.3 Å². The van der Waals surface area contributed by atoms with E-state index in [1.165, 1.54) is 23.3 Å². The molecule has 0 aliphatic carbocycles. The van der Waals surface area contributed by atoms with Gasteiger partial charge >= 0.3 is 6.09 Å². The molecule has 2 unspecified atom stereocenters. The number of carboxylic acid groups (broad SMARTS) is 1. The van der Waals surface area contributed by atoms with Crippen molar-refractivity contribution >= 4 is 40.3 Å². The number of aryl methyl sites for hydroxylation is 1. The summed E-state index contributed by atoms with van der Waals surface area (Å²) < 4.78 is 10.9. The molecular weight excluding hydrogens is 522 g/mol. The third-order valence-corrected chi connectivity index (χ3v) is 8.41. The van der Waals surface area contributed by atoms with E-state index in [1.807, 2.05) is 43.3 Å². The predicted octanol–water partition coefficient (Wildman–Crippen LogP) is 6.11. The Morgan fingerprint density at radius 2 is 1.92 bits per heavy atom. The van der Waals surface area contributed by atoms with Gasteiger partial charge in [0.25, 0.3) is 0 Å². The lowest BCUT2D eigenvalue weighted by Crippen LogP contribution is -2.45. The lowest BCUT2D eigenvalue weighted by molar-refractivity contribution is 0.0956. The summed E-state index contributed by atoms with van der Waals surface area (Å²) in [7, 11) is 0. The molecule has 10 nitrogen and oxygen atoms in total. The van der Waals surface area contributed by atoms with Gasteiger partial charge in [0, 0.05) is 59.1 Å². The first-order chi connectivity index (χ1) is 18.5. The zero-order valence-corrected chi connectivity index (χ0v) is 22.2. The Bertz CT molecular complexity index is 1440. The number of ether oxygens (including phenoxy) is 1. The number of carbonyl (C=O) groups is 1. The third-order valence-electron chi connectivity index (χ3n) is 6.85. The molecule has 2 aliphatic rings. The molecule has 0 aromatic carbocycles. The van der Waals surface area contributed by atoms with Crippen LogP contribution in [-0.4, -0.2) is 52.5 Å². The van der Waals surface area contributed by atoms with E-state index in [2.05, 4.69) is 24.6 Å². The van der Waals surface area contributed by atoms with Crippen LogP contribution in [0.3, 0.4) is 0 Å². The Kier molecular flexibility index (Phi) is 6.81. The lowest BCUT2D eigenvalue weighted by Gasteiger charge is -2.36. The molecule has 1 amide bonds. The average Bonchev–Trinajstić information content (AvgIpc) is 3.49. The van der Waals surface area contributed by atoms with Crippen LogP contribution in [0.2, 0.25) is 0 Å². The topological polar surface area (TPSA) is 126 Å². The molecule has 2 fully saturated rings. The number of amides is 1. The van der Waals surface area contributed by atoms with E-state index in [1.54, 1.807) is 23.5 Å². The van der Waals surface area contributed by atoms with Crippen molar-refractivity contribution in [2.45, 2.75) is 60.5 Å². The molecule has 2 bridgehead atoms. The minimum absolute atomic E-state index is 0.0460. The highest BCUT2D eigenvalue weighted by atomic mass is 32.2. The number of hydrogen-bond acceptors (Lipinski definition) is 10. The third kappa shape index (κ3) is 5.14. The molecular formula is C26H25N7O3S2. The molecule has 2 atom stereocenters. The molecule has 12 heteroatoms. The van der Waals surface area contributed by atoms with Crippen molar-refractivity contribution in [2.75, 3.05) is 5.32 Å². The standard InChI is InChI=1S/C26H25N7O3S2/c1-15-20(5-4-10-27-15)36-21-13-19(37-22-6-2-3-9-28-22)14-29-24(21)31-25-30-23(32-38-25)16-11-17-7-8-18(12-16)33(17)26(34)35/h2-6,9-10,13-14,16-18H,7-8,11-12H2,1H3,(H,34,35)(H,29,30,31,32). The highest BCUT2D eigenvalue weighted by molar-refractivity contribution is 7.99. The first-order valence-electron chi connectivity index (χ1n) is 12.3. The maximum atomic E-state index is 11.6. The SMILES string of the molecule is Cc1ncccc1Oc1cc(Sc2ccccn2)cnc1Nc1nc(C2CC3CCC(C2)N3C(=O)O)ns1. The second-order valence-electron chi connectivity index (χ2n) is 9.30. The summed E-state index contributed by atoms with van der Waals surface area (Å²) >= 11 is 2.76. The van der Waals surface area contributed by atoms with E-state index >= 15 is 0 Å². The molecule has 4 aromatic heterocycles. The van der Waals surface area contributed by atoms with Crippen molar-refractivity contribution in [1.82, 2.24) is 29.2 Å². The summed E-state index contributed by atoms with van der Waals surface area (Å²) in [6.45, 7) is 1.89. The van der Waals surface area contributed by atoms with Gasteiger partial charge in [-0.05, 0) is 56.9 Å². The van der Waals surface area contributed by atoms with Crippen LogP contribution in [0.15, 0.2) is 64.9 Å². The van der Waals surface area contributed by atoms with Gasteiger partial charge in [-0.15, -0.1) is 0 Å². The fraction of sp³-hybridized carbons (Fsp3) is 0.308. The summed E-state index contributed by atoms with van der Waals surface area (Å²) in [4.78, 5) is 32.3. The minimum atomic E-state index is -0.823. The maximum absolute atomic E-state index is 11.6. The summed E-state index contributed by atoms with van der Waals surface area (Å²) in [5.74, 6) is 2.59. The van der Waals surface area contributed by atoms with Gasteiger partial charge in [0.1, 0.15) is 16.6 Å². The summed E-state index contributed by atoms with van der Waals surface area (Å²) in [6.07, 6.45) is 7.75. The number of fused-ring (bicyclic) bond motifs is 2. The largest absolute Gasteiger partial charge is 0.465 e. The van der Waals surface area contributed by atoms with Gasteiger partial charge in [0.15, 0.2) is 11.6 Å². The van der Waals surface area contributed by atoms with Crippen molar-refractivity contribution in [3.8, 4) is 11.5 Å². The van der Waals surface area contributed by atoms with Crippen molar-refractivity contribution in [3.63, 3.8) is 0 Å². The highest BCUT2D eigenvalue weighted by Crippen LogP contribution is 2.43. The van der Waals surface area contributed by atoms with Gasteiger partial charge in [-0.25, -0.2) is 19.7 Å². The second kappa shape index (κ2) is 10.5. The van der Waals surface area contributed by atoms with Gasteiger partial charge in [0.2, 0.25) is 5.13 Å². The Morgan fingerprint density at radius 3 is 2.66 bits per heavy atom. The summed E-state index contributed by atoms with van der Waals surface area (Å²) in [5.41, 5.74) is 0.766. The molecule has 2 saturated heterocycles. The Morgan fingerprint density at radius 1 is 1.11 bits per heavy atom. The molecule has 2 N–H and O–H groups in total. The number of rotatable bonds is 7. The number of piperidine rings is 1. The van der Waals surface area contributed by atoms with Crippen LogP contribution in [-0.2, 0) is 0 Å². The maximum Gasteiger partial charge on any atom is 0.407 e. The van der Waals surface area contributed by atoms with Crippen LogP contribution in [0.1, 0.15) is 43.1 Å². The number of pyridine rings is 3. The lowest BCUT2D eigenvalue weighted by atomic mass is 9.90. The molecule has 6 rings (SSSR count). The molecule has 0 spiro atoms. The highest BCUT2D eigenvalue weighted by Gasteiger charge is 2.44. The summed E-state index contributed by atoms with van der Waals surface area (Å²) in [5, 5.41) is 14.3. The molecule has 0 radical (unpaired) electrons. The van der Waals surface area contributed by atoms with Crippen LogP contribution < -0.4 is 10.1 Å². The Balaban J connectivity index is 1.23. The number of aromatic nitrogens is 5. The molecule has 194 valence electrons. The van der Waals surface area contributed by atoms with Gasteiger partial charge in [0.05, 0.1) is 5.69 Å². The molecule has 2 aliphatic heterocycles. The van der Waals surface area contributed by atoms with Crippen LogP contribution in [0.25, 0.3) is 0 Å². The quantitative estimate of drug-likeness (QED) is 0.280. The zero-order valence-electron chi connectivity index (χ0n) is 20.5. The van der Waals surface area contributed by atoms with E-state index in [4.69, 9.17) is 9.72 Å². The van der Waals surface area contributed by atoms with E-state index in [0.29, 0.717) is 22.4 Å². The fourth-order valence-electron chi connectivity index (χ4n) is 5.13. The van der Waals surface area contributed by atoms with E-state index in [9.17, 15) is 9.90 Å². The van der Waals surface area contributed by atoms with Gasteiger partial charge in [-0.3, -0.25) is 4.98 Å². The number of nitrogens with one attached hydrogen (secondary N) is 1. The van der Waals surface area contributed by atoms with Crippen molar-refractivity contribution in [3.05, 3.63) is 66.5 Å². The Labute approximate surface area is 227 Å². The van der Waals surface area contributed by atoms with Gasteiger partial charge in [-0.2, -0.15) is 4.37 Å². The number of hydrogen-bond donors (Lipinski definition) is 2. The molecule has 4 aromatic rings. The van der Waals surface area contributed by atoms with E-state index in [0.717, 1.165) is 47.1 Å². The second-order valence-corrected chi connectivity index (χ2v) is 11.1. The average molecular weight is 548 g/mol. The van der Waals surface area contributed by atoms with Crippen molar-refractivity contribution in [2.24, 2.45) is 0 Å². The molecule has 0 saturated carbocycles. The van der Waals surface area contributed by atoms with Gasteiger partial charge < -0.3 is 20.1 Å². The minimum Gasteiger partial charge on any atom is -0.465 e. The van der Waals surface area contributed by atoms with Crippen molar-refractivity contribution in [1.29, 1.82) is 0 Å². The molecule has 38 heavy (non-hydrogen) atoms. The fourth-order valence-corrected chi connectivity index (χ4v) is 6.55. The Hall–Kier alpha value is -3.77. The summed E-state index contributed by atoms with van der Waals surface area (Å²) in [6, 6.07) is 11.5. The van der Waals surface area contributed by atoms with Gasteiger partial charge in [-0.1, -0.05) is 17.8 Å². The number of anilines is 2. The zero-order chi connectivity index (χ0) is 26.1. The first-order valence-corrected chi connectivity index (χ1v) is 13.9. The normalized spacial score (nSPS) is 20.3. The van der Waals surface area contributed by atoms with E-state index in [-0.39, 0.29) is 18.0 Å². The number of nitrogens with zero attached hydrogens (tertiary/aromatic N) is 6. The monoisotopic (exact) mass is 547 g/mol.